The molecule has 1 aromatic carbocycles. The fourth-order valence-electron chi connectivity index (χ4n) is 2.72. The molecule has 1 unspecified atom stereocenters. The van der Waals surface area contributed by atoms with Gasteiger partial charge in [0.2, 0.25) is 0 Å². The Morgan fingerprint density at radius 3 is 2.89 bits per heavy atom. The molecular formula is C15H23BrN2. The number of anilines is 1. The summed E-state index contributed by atoms with van der Waals surface area (Å²) in [6, 6.07) is 6.14. The van der Waals surface area contributed by atoms with Gasteiger partial charge in [-0.25, -0.2) is 0 Å². The van der Waals surface area contributed by atoms with E-state index in [-0.39, 0.29) is 0 Å². The Bertz CT molecular complexity index is 392. The summed E-state index contributed by atoms with van der Waals surface area (Å²) in [5.74, 6) is 0.935. The molecule has 2 rings (SSSR count). The molecule has 1 heterocycles. The third-order valence-electron chi connectivity index (χ3n) is 3.99. The third kappa shape index (κ3) is 3.72. The van der Waals surface area contributed by atoms with Crippen LogP contribution < -0.4 is 5.73 Å². The number of nitrogen functional groups attached to an aromatic ring is 1. The highest BCUT2D eigenvalue weighted by molar-refractivity contribution is 9.10. The van der Waals surface area contributed by atoms with E-state index in [0.717, 1.165) is 22.6 Å². The van der Waals surface area contributed by atoms with Crippen LogP contribution >= 0.6 is 15.9 Å². The van der Waals surface area contributed by atoms with Crippen molar-refractivity contribution < 1.29 is 0 Å². The van der Waals surface area contributed by atoms with E-state index in [0.29, 0.717) is 0 Å². The van der Waals surface area contributed by atoms with Gasteiger partial charge in [0.15, 0.2) is 0 Å². The predicted molar refractivity (Wildman–Crippen MR) is 81.5 cm³/mol. The molecule has 0 saturated carbocycles. The zero-order valence-corrected chi connectivity index (χ0v) is 12.7. The Morgan fingerprint density at radius 2 is 2.17 bits per heavy atom. The van der Waals surface area contributed by atoms with Gasteiger partial charge in [-0.1, -0.05) is 35.3 Å². The van der Waals surface area contributed by atoms with Crippen molar-refractivity contribution in [1.29, 1.82) is 0 Å². The van der Waals surface area contributed by atoms with Gasteiger partial charge in [0.1, 0.15) is 0 Å². The first-order valence-corrected chi connectivity index (χ1v) is 7.74. The van der Waals surface area contributed by atoms with Crippen LogP contribution in [0.3, 0.4) is 0 Å². The average molecular weight is 311 g/mol. The molecule has 3 heteroatoms. The van der Waals surface area contributed by atoms with E-state index in [4.69, 9.17) is 5.73 Å². The van der Waals surface area contributed by atoms with Crippen molar-refractivity contribution in [2.75, 3.05) is 18.8 Å². The normalized spacial score (nSPS) is 21.8. The monoisotopic (exact) mass is 310 g/mol. The maximum Gasteiger partial charge on any atom is 0.0325 e. The summed E-state index contributed by atoms with van der Waals surface area (Å²) in [5, 5.41) is 0. The lowest BCUT2D eigenvalue weighted by Crippen LogP contribution is -2.24. The zero-order valence-electron chi connectivity index (χ0n) is 11.2. The quantitative estimate of drug-likeness (QED) is 0.854. The first-order valence-electron chi connectivity index (χ1n) is 6.95. The van der Waals surface area contributed by atoms with Crippen LogP contribution in [0.4, 0.5) is 5.69 Å². The molecule has 2 nitrogen and oxygen atoms in total. The maximum atomic E-state index is 5.78. The molecule has 0 aromatic heterocycles. The molecule has 1 aliphatic rings. The van der Waals surface area contributed by atoms with Crippen LogP contribution in [0.1, 0.15) is 38.2 Å². The van der Waals surface area contributed by atoms with Crippen LogP contribution in [0.2, 0.25) is 0 Å². The second-order valence-electron chi connectivity index (χ2n) is 5.33. The van der Waals surface area contributed by atoms with Gasteiger partial charge in [-0.2, -0.15) is 0 Å². The highest BCUT2D eigenvalue weighted by Gasteiger charge is 2.16. The molecule has 100 valence electrons. The van der Waals surface area contributed by atoms with Gasteiger partial charge < -0.3 is 5.73 Å². The number of hydrogen-bond acceptors (Lipinski definition) is 2. The fourth-order valence-corrected chi connectivity index (χ4v) is 3.25. The smallest absolute Gasteiger partial charge is 0.0325 e. The highest BCUT2D eigenvalue weighted by Crippen LogP contribution is 2.24. The number of halogens is 1. The summed E-state index contributed by atoms with van der Waals surface area (Å²) in [6.07, 6.45) is 5.42. The van der Waals surface area contributed by atoms with Gasteiger partial charge in [-0.05, 0) is 56.0 Å². The summed E-state index contributed by atoms with van der Waals surface area (Å²) < 4.78 is 1.14. The van der Waals surface area contributed by atoms with E-state index in [1.54, 1.807) is 0 Å². The Hall–Kier alpha value is -0.540. The van der Waals surface area contributed by atoms with Crippen molar-refractivity contribution in [3.8, 4) is 0 Å². The molecule has 1 aliphatic heterocycles. The fraction of sp³-hybridized carbons (Fsp3) is 0.600. The Morgan fingerprint density at radius 1 is 1.33 bits per heavy atom. The van der Waals surface area contributed by atoms with Gasteiger partial charge in [0, 0.05) is 16.7 Å². The van der Waals surface area contributed by atoms with Gasteiger partial charge >= 0.3 is 0 Å². The SMILES string of the molecule is CCC1CCCN(Cc2ccc(N)cc2Br)CC1. The van der Waals surface area contributed by atoms with Gasteiger partial charge in [-0.3, -0.25) is 4.90 Å². The number of hydrogen-bond donors (Lipinski definition) is 1. The molecule has 18 heavy (non-hydrogen) atoms. The summed E-state index contributed by atoms with van der Waals surface area (Å²) >= 11 is 3.61. The number of nitrogens with two attached hydrogens (primary N) is 1. The molecule has 0 spiro atoms. The molecule has 2 N–H and O–H groups in total. The van der Waals surface area contributed by atoms with E-state index < -0.39 is 0 Å². The Labute approximate surface area is 119 Å². The second-order valence-corrected chi connectivity index (χ2v) is 6.19. The predicted octanol–water partition coefficient (Wildman–Crippen LogP) is 4.04. The van der Waals surface area contributed by atoms with Crippen molar-refractivity contribution in [2.45, 2.75) is 39.2 Å². The lowest BCUT2D eigenvalue weighted by Gasteiger charge is -2.21. The van der Waals surface area contributed by atoms with Crippen LogP contribution in [0, 0.1) is 5.92 Å². The number of rotatable bonds is 3. The summed E-state index contributed by atoms with van der Waals surface area (Å²) in [5.41, 5.74) is 7.95. The maximum absolute atomic E-state index is 5.78. The largest absolute Gasteiger partial charge is 0.399 e. The van der Waals surface area contributed by atoms with Crippen LogP contribution in [0.15, 0.2) is 22.7 Å². The van der Waals surface area contributed by atoms with Crippen molar-refractivity contribution >= 4 is 21.6 Å². The molecular weight excluding hydrogens is 288 g/mol. The molecule has 1 aromatic rings. The van der Waals surface area contributed by atoms with Gasteiger partial charge in [0.25, 0.3) is 0 Å². The van der Waals surface area contributed by atoms with E-state index in [2.05, 4.69) is 33.8 Å². The van der Waals surface area contributed by atoms with Crippen LogP contribution in [-0.2, 0) is 6.54 Å². The first-order chi connectivity index (χ1) is 8.69. The summed E-state index contributed by atoms with van der Waals surface area (Å²) in [7, 11) is 0. The first kappa shape index (κ1) is 13.9. The number of likely N-dealkylation sites (tertiary alicyclic amines) is 1. The molecule has 0 bridgehead atoms. The molecule has 0 aliphatic carbocycles. The van der Waals surface area contributed by atoms with E-state index >= 15 is 0 Å². The van der Waals surface area contributed by atoms with Gasteiger partial charge in [0.05, 0.1) is 0 Å². The van der Waals surface area contributed by atoms with Crippen LogP contribution in [0.25, 0.3) is 0 Å². The minimum atomic E-state index is 0.826. The van der Waals surface area contributed by atoms with Crippen LogP contribution in [0.5, 0.6) is 0 Å². The van der Waals surface area contributed by atoms with Crippen molar-refractivity contribution in [3.05, 3.63) is 28.2 Å². The van der Waals surface area contributed by atoms with Gasteiger partial charge in [-0.15, -0.1) is 0 Å². The van der Waals surface area contributed by atoms with Crippen LogP contribution in [-0.4, -0.2) is 18.0 Å². The minimum absolute atomic E-state index is 0.826. The molecule has 1 atom stereocenters. The number of nitrogens with zero attached hydrogens (tertiary/aromatic N) is 1. The molecule has 0 radical (unpaired) electrons. The lowest BCUT2D eigenvalue weighted by atomic mass is 9.98. The summed E-state index contributed by atoms with van der Waals surface area (Å²) in [6.45, 7) is 5.82. The van der Waals surface area contributed by atoms with E-state index in [9.17, 15) is 0 Å². The minimum Gasteiger partial charge on any atom is -0.399 e. The Kier molecular flexibility index (Phi) is 5.07. The van der Waals surface area contributed by atoms with E-state index in [1.165, 1.54) is 44.3 Å². The third-order valence-corrected chi connectivity index (χ3v) is 4.73. The van der Waals surface area contributed by atoms with Crippen molar-refractivity contribution in [2.24, 2.45) is 5.92 Å². The highest BCUT2D eigenvalue weighted by atomic mass is 79.9. The summed E-state index contributed by atoms with van der Waals surface area (Å²) in [4.78, 5) is 2.58. The molecule has 0 amide bonds. The Balaban J connectivity index is 1.96. The standard InChI is InChI=1S/C15H23BrN2/c1-2-12-4-3-8-18(9-7-12)11-13-5-6-14(17)10-15(13)16/h5-6,10,12H,2-4,7-9,11,17H2,1H3. The van der Waals surface area contributed by atoms with Crippen molar-refractivity contribution in [3.63, 3.8) is 0 Å². The zero-order chi connectivity index (χ0) is 13.0. The lowest BCUT2D eigenvalue weighted by molar-refractivity contribution is 0.271. The molecule has 1 fully saturated rings. The van der Waals surface area contributed by atoms with E-state index in [1.807, 2.05) is 12.1 Å². The number of benzene rings is 1. The topological polar surface area (TPSA) is 29.3 Å². The second kappa shape index (κ2) is 6.58. The average Bonchev–Trinajstić information content (AvgIpc) is 2.58. The van der Waals surface area contributed by atoms with Crippen molar-refractivity contribution in [1.82, 2.24) is 4.90 Å². The molecule has 1 saturated heterocycles.